The molecule has 7 heteroatoms. The van der Waals surface area contributed by atoms with E-state index < -0.39 is 0 Å². The molecule has 0 saturated carbocycles. The van der Waals surface area contributed by atoms with E-state index >= 15 is 0 Å². The van der Waals surface area contributed by atoms with Crippen LogP contribution in [0.1, 0.15) is 17.7 Å². The number of halogens is 2. The fourth-order valence-corrected chi connectivity index (χ4v) is 3.23. The molecule has 1 saturated heterocycles. The third-order valence-electron chi connectivity index (χ3n) is 2.73. The number of nitrogens with one attached hydrogen (secondary N) is 1. The third-order valence-corrected chi connectivity index (χ3v) is 4.35. The molecule has 1 amide bonds. The molecule has 0 aromatic carbocycles. The fraction of sp³-hybridized carbons (Fsp3) is 0.545. The molecule has 0 radical (unpaired) electrons. The number of nitrogens with two attached hydrogens (primary N) is 1. The first-order chi connectivity index (χ1) is 8.19. The molecule has 18 heavy (non-hydrogen) atoms. The van der Waals surface area contributed by atoms with Crippen molar-refractivity contribution in [3.05, 3.63) is 20.8 Å². The zero-order chi connectivity index (χ0) is 12.3. The van der Waals surface area contributed by atoms with Gasteiger partial charge in [-0.15, -0.1) is 23.7 Å². The number of rotatable bonds is 4. The number of hydrogen-bond donors (Lipinski definition) is 2. The van der Waals surface area contributed by atoms with Crippen molar-refractivity contribution in [2.75, 3.05) is 6.54 Å². The molecule has 2 heterocycles. The maximum atomic E-state index is 11.8. The van der Waals surface area contributed by atoms with Crippen molar-refractivity contribution in [2.24, 2.45) is 5.73 Å². The van der Waals surface area contributed by atoms with Crippen LogP contribution in [0.4, 0.5) is 0 Å². The Bertz CT molecular complexity index is 402. The van der Waals surface area contributed by atoms with E-state index in [1.807, 2.05) is 12.1 Å². The summed E-state index contributed by atoms with van der Waals surface area (Å²) >= 11 is 5.01. The molecule has 4 nitrogen and oxygen atoms in total. The standard InChI is InChI=1S/C11H15BrN2O2S.ClH/c12-10-4-2-8(17-10)6-14-11(15)9-3-1-7(5-13)16-9;/h2,4,7,9H,1,3,5-6,13H2,(H,14,15);1H/t7-,9+;/m1./s1. The minimum Gasteiger partial charge on any atom is -0.364 e. The van der Waals surface area contributed by atoms with Gasteiger partial charge in [-0.3, -0.25) is 4.79 Å². The molecule has 1 fully saturated rings. The molecule has 0 unspecified atom stereocenters. The van der Waals surface area contributed by atoms with Gasteiger partial charge in [0.05, 0.1) is 16.4 Å². The van der Waals surface area contributed by atoms with E-state index in [1.54, 1.807) is 11.3 Å². The normalized spacial score (nSPS) is 22.6. The van der Waals surface area contributed by atoms with E-state index in [4.69, 9.17) is 10.5 Å². The Morgan fingerprint density at radius 3 is 2.89 bits per heavy atom. The molecule has 2 atom stereocenters. The van der Waals surface area contributed by atoms with Gasteiger partial charge in [-0.25, -0.2) is 0 Å². The number of thiophene rings is 1. The fourth-order valence-electron chi connectivity index (χ4n) is 1.81. The second-order valence-electron chi connectivity index (χ2n) is 3.98. The second kappa shape index (κ2) is 7.45. The van der Waals surface area contributed by atoms with E-state index in [-0.39, 0.29) is 30.5 Å². The van der Waals surface area contributed by atoms with Crippen molar-refractivity contribution in [2.45, 2.75) is 31.6 Å². The summed E-state index contributed by atoms with van der Waals surface area (Å²) in [4.78, 5) is 12.9. The van der Waals surface area contributed by atoms with Crippen molar-refractivity contribution in [1.29, 1.82) is 0 Å². The van der Waals surface area contributed by atoms with Gasteiger partial charge >= 0.3 is 0 Å². The van der Waals surface area contributed by atoms with E-state index in [0.717, 1.165) is 21.5 Å². The highest BCUT2D eigenvalue weighted by Crippen LogP contribution is 2.22. The molecular weight excluding hydrogens is 340 g/mol. The number of carbonyl (C=O) groups is 1. The van der Waals surface area contributed by atoms with Crippen LogP contribution in [0.25, 0.3) is 0 Å². The van der Waals surface area contributed by atoms with E-state index in [2.05, 4.69) is 21.2 Å². The number of carbonyl (C=O) groups excluding carboxylic acids is 1. The van der Waals surface area contributed by atoms with Crippen LogP contribution < -0.4 is 11.1 Å². The topological polar surface area (TPSA) is 64.4 Å². The lowest BCUT2D eigenvalue weighted by atomic mass is 10.2. The van der Waals surface area contributed by atoms with Crippen LogP contribution in [0.2, 0.25) is 0 Å². The summed E-state index contributed by atoms with van der Waals surface area (Å²) in [6.45, 7) is 1.05. The predicted molar refractivity (Wildman–Crippen MR) is 78.1 cm³/mol. The van der Waals surface area contributed by atoms with Gasteiger partial charge in [0.2, 0.25) is 5.91 Å². The molecule has 1 aromatic heterocycles. The largest absolute Gasteiger partial charge is 0.364 e. The summed E-state index contributed by atoms with van der Waals surface area (Å²) < 4.78 is 6.59. The minimum absolute atomic E-state index is 0. The third kappa shape index (κ3) is 4.20. The van der Waals surface area contributed by atoms with Crippen molar-refractivity contribution in [3.63, 3.8) is 0 Å². The Kier molecular flexibility index (Phi) is 6.59. The molecule has 2 rings (SSSR count). The van der Waals surface area contributed by atoms with Gasteiger partial charge in [-0.05, 0) is 40.9 Å². The molecule has 1 aromatic rings. The van der Waals surface area contributed by atoms with Gasteiger partial charge in [-0.1, -0.05) is 0 Å². The molecule has 1 aliphatic heterocycles. The SMILES string of the molecule is Cl.NC[C@H]1CC[C@@H](C(=O)NCc2ccc(Br)s2)O1. The van der Waals surface area contributed by atoms with Crippen LogP contribution in [-0.4, -0.2) is 24.7 Å². The maximum absolute atomic E-state index is 11.8. The molecule has 0 spiro atoms. The summed E-state index contributed by atoms with van der Waals surface area (Å²) in [5.41, 5.74) is 5.50. The predicted octanol–water partition coefficient (Wildman–Crippen LogP) is 2.05. The van der Waals surface area contributed by atoms with Crippen LogP contribution in [-0.2, 0) is 16.1 Å². The monoisotopic (exact) mass is 354 g/mol. The molecule has 0 aliphatic carbocycles. The molecule has 1 aliphatic rings. The molecule has 102 valence electrons. The summed E-state index contributed by atoms with van der Waals surface area (Å²) in [5, 5.41) is 2.88. The summed E-state index contributed by atoms with van der Waals surface area (Å²) in [6, 6.07) is 3.97. The number of ether oxygens (including phenoxy) is 1. The van der Waals surface area contributed by atoms with Gasteiger partial charge in [-0.2, -0.15) is 0 Å². The highest BCUT2D eigenvalue weighted by atomic mass is 79.9. The van der Waals surface area contributed by atoms with E-state index in [0.29, 0.717) is 13.1 Å². The first-order valence-electron chi connectivity index (χ1n) is 5.56. The second-order valence-corrected chi connectivity index (χ2v) is 6.53. The lowest BCUT2D eigenvalue weighted by Gasteiger charge is -2.12. The van der Waals surface area contributed by atoms with Crippen LogP contribution in [0.5, 0.6) is 0 Å². The van der Waals surface area contributed by atoms with Crippen molar-refractivity contribution in [3.8, 4) is 0 Å². The molecular formula is C11H16BrClN2O2S. The van der Waals surface area contributed by atoms with E-state index in [9.17, 15) is 4.79 Å². The average Bonchev–Trinajstić information content (AvgIpc) is 2.94. The number of hydrogen-bond acceptors (Lipinski definition) is 4. The van der Waals surface area contributed by atoms with Crippen molar-refractivity contribution >= 4 is 45.6 Å². The van der Waals surface area contributed by atoms with Crippen molar-refractivity contribution < 1.29 is 9.53 Å². The number of amides is 1. The first kappa shape index (κ1) is 15.9. The van der Waals surface area contributed by atoms with Crippen LogP contribution in [0, 0.1) is 0 Å². The smallest absolute Gasteiger partial charge is 0.249 e. The van der Waals surface area contributed by atoms with Crippen molar-refractivity contribution in [1.82, 2.24) is 5.32 Å². The lowest BCUT2D eigenvalue weighted by molar-refractivity contribution is -0.132. The van der Waals surface area contributed by atoms with Crippen LogP contribution >= 0.6 is 39.7 Å². The Hall–Kier alpha value is -0.140. The van der Waals surface area contributed by atoms with Gasteiger partial charge in [0.1, 0.15) is 6.10 Å². The average molecular weight is 356 g/mol. The Labute approximate surface area is 125 Å². The maximum Gasteiger partial charge on any atom is 0.249 e. The zero-order valence-electron chi connectivity index (χ0n) is 9.73. The van der Waals surface area contributed by atoms with Crippen LogP contribution in [0.15, 0.2) is 15.9 Å². The minimum atomic E-state index is -0.327. The van der Waals surface area contributed by atoms with Gasteiger partial charge in [0.25, 0.3) is 0 Å². The first-order valence-corrected chi connectivity index (χ1v) is 7.17. The van der Waals surface area contributed by atoms with E-state index in [1.165, 1.54) is 0 Å². The summed E-state index contributed by atoms with van der Waals surface area (Å²) in [6.07, 6.45) is 1.36. The Morgan fingerprint density at radius 1 is 1.56 bits per heavy atom. The van der Waals surface area contributed by atoms with Gasteiger partial charge in [0, 0.05) is 11.4 Å². The van der Waals surface area contributed by atoms with Crippen LogP contribution in [0.3, 0.4) is 0 Å². The molecule has 0 bridgehead atoms. The van der Waals surface area contributed by atoms with Gasteiger partial charge < -0.3 is 15.8 Å². The van der Waals surface area contributed by atoms with Gasteiger partial charge in [0.15, 0.2) is 0 Å². The zero-order valence-corrected chi connectivity index (χ0v) is 12.9. The highest BCUT2D eigenvalue weighted by molar-refractivity contribution is 9.11. The Morgan fingerprint density at radius 2 is 2.33 bits per heavy atom. The summed E-state index contributed by atoms with van der Waals surface area (Å²) in [5.74, 6) is -0.0366. The summed E-state index contributed by atoms with van der Waals surface area (Å²) in [7, 11) is 0. The quantitative estimate of drug-likeness (QED) is 0.869. The molecule has 3 N–H and O–H groups in total. The highest BCUT2D eigenvalue weighted by Gasteiger charge is 2.29. The Balaban J connectivity index is 0.00000162. The lowest BCUT2D eigenvalue weighted by Crippen LogP contribution is -2.34.